The summed E-state index contributed by atoms with van der Waals surface area (Å²) in [6.07, 6.45) is 1.26. The quantitative estimate of drug-likeness (QED) is 0.737. The van der Waals surface area contributed by atoms with Crippen LogP contribution in [0.15, 0.2) is 30.6 Å². The zero-order valence-electron chi connectivity index (χ0n) is 10.9. The Kier molecular flexibility index (Phi) is 4.08. The minimum atomic E-state index is -3.54. The molecule has 0 aliphatic rings. The molecule has 0 fully saturated rings. The van der Waals surface area contributed by atoms with Crippen molar-refractivity contribution < 1.29 is 13.2 Å². The van der Waals surface area contributed by atoms with E-state index in [1.807, 2.05) is 0 Å². The van der Waals surface area contributed by atoms with Crippen LogP contribution in [0.2, 0.25) is 0 Å². The number of hydrogen-bond donors (Lipinski definition) is 2. The van der Waals surface area contributed by atoms with Crippen molar-refractivity contribution in [1.29, 1.82) is 0 Å². The molecule has 20 heavy (non-hydrogen) atoms. The molecule has 3 N–H and O–H groups in total. The average Bonchev–Trinajstić information content (AvgIpc) is 2.74. The lowest BCUT2D eigenvalue weighted by molar-refractivity contribution is 0.341. The van der Waals surface area contributed by atoms with Gasteiger partial charge in [-0.2, -0.15) is 10.1 Å². The van der Waals surface area contributed by atoms with Gasteiger partial charge in [0.25, 0.3) is 0 Å². The van der Waals surface area contributed by atoms with E-state index in [1.165, 1.54) is 11.0 Å². The van der Waals surface area contributed by atoms with Crippen LogP contribution in [0, 0.1) is 0 Å². The highest BCUT2D eigenvalue weighted by Crippen LogP contribution is 2.14. The minimum Gasteiger partial charge on any atom is -0.492 e. The van der Waals surface area contributed by atoms with Crippen molar-refractivity contribution in [3.63, 3.8) is 0 Å². The van der Waals surface area contributed by atoms with Crippen LogP contribution in [0.3, 0.4) is 0 Å². The van der Waals surface area contributed by atoms with Crippen LogP contribution in [0.1, 0.15) is 0 Å². The third-order valence-corrected chi connectivity index (χ3v) is 3.63. The summed E-state index contributed by atoms with van der Waals surface area (Å²) in [5.41, 5.74) is 6.15. The predicted octanol–water partition coefficient (Wildman–Crippen LogP) is 0.218. The third-order valence-electron chi connectivity index (χ3n) is 2.44. The molecule has 2 aromatic rings. The largest absolute Gasteiger partial charge is 0.492 e. The molecule has 2 rings (SSSR count). The maximum Gasteiger partial charge on any atom is 0.238 e. The number of nitrogens with zero attached hydrogens (tertiary/aromatic N) is 3. The van der Waals surface area contributed by atoms with Crippen LogP contribution in [0.4, 0.5) is 11.6 Å². The number of nitrogen functional groups attached to an aromatic ring is 1. The molecule has 1 heterocycles. The van der Waals surface area contributed by atoms with E-state index in [2.05, 4.69) is 14.8 Å². The Morgan fingerprint density at radius 3 is 2.90 bits per heavy atom. The van der Waals surface area contributed by atoms with Crippen LogP contribution < -0.4 is 15.2 Å². The lowest BCUT2D eigenvalue weighted by Gasteiger charge is -2.08. The highest BCUT2D eigenvalue weighted by molar-refractivity contribution is 7.92. The Bertz CT molecular complexity index is 683. The van der Waals surface area contributed by atoms with Gasteiger partial charge >= 0.3 is 0 Å². The number of ether oxygens (including phenoxy) is 1. The normalized spacial score (nSPS) is 11.2. The van der Waals surface area contributed by atoms with Crippen LogP contribution in [0.5, 0.6) is 5.75 Å². The Hall–Kier alpha value is -2.29. The smallest absolute Gasteiger partial charge is 0.238 e. The van der Waals surface area contributed by atoms with Crippen LogP contribution in [0.25, 0.3) is 0 Å². The van der Waals surface area contributed by atoms with Gasteiger partial charge in [-0.15, -0.1) is 0 Å². The number of rotatable bonds is 6. The van der Waals surface area contributed by atoms with E-state index in [4.69, 9.17) is 10.5 Å². The Morgan fingerprint density at radius 1 is 1.45 bits per heavy atom. The minimum absolute atomic E-state index is 0.0106. The molecule has 0 radical (unpaired) electrons. The summed E-state index contributed by atoms with van der Waals surface area (Å²) < 4.78 is 32.6. The number of aromatic nitrogens is 3. The molecule has 0 saturated carbocycles. The number of benzene rings is 1. The molecule has 0 spiro atoms. The van der Waals surface area contributed by atoms with Crippen molar-refractivity contribution in [3.8, 4) is 5.75 Å². The van der Waals surface area contributed by atoms with Crippen molar-refractivity contribution in [3.05, 3.63) is 30.6 Å². The molecule has 9 heteroatoms. The summed E-state index contributed by atoms with van der Waals surface area (Å²) in [6.45, 7) is 0.0106. The first-order valence-electron chi connectivity index (χ1n) is 5.79. The first-order valence-corrected chi connectivity index (χ1v) is 7.44. The first-order chi connectivity index (χ1) is 9.46. The molecule has 0 atom stereocenters. The third kappa shape index (κ3) is 3.85. The SMILES string of the molecule is Cn1ncnc1NS(=O)(=O)CCOc1cccc(N)c1. The lowest BCUT2D eigenvalue weighted by Crippen LogP contribution is -2.23. The highest BCUT2D eigenvalue weighted by Gasteiger charge is 2.13. The van der Waals surface area contributed by atoms with Crippen molar-refractivity contribution in [2.75, 3.05) is 22.8 Å². The maximum absolute atomic E-state index is 11.8. The van der Waals surface area contributed by atoms with E-state index in [1.54, 1.807) is 31.3 Å². The van der Waals surface area contributed by atoms with Crippen molar-refractivity contribution >= 4 is 21.7 Å². The Labute approximate surface area is 116 Å². The summed E-state index contributed by atoms with van der Waals surface area (Å²) in [7, 11) is -1.95. The van der Waals surface area contributed by atoms with Crippen molar-refractivity contribution in [2.45, 2.75) is 0 Å². The second kappa shape index (κ2) is 5.78. The Balaban J connectivity index is 1.88. The van der Waals surface area contributed by atoms with Gasteiger partial charge in [-0.1, -0.05) is 6.07 Å². The predicted molar refractivity (Wildman–Crippen MR) is 74.8 cm³/mol. The molecular weight excluding hydrogens is 282 g/mol. The van der Waals surface area contributed by atoms with Gasteiger partial charge in [0.1, 0.15) is 24.4 Å². The van der Waals surface area contributed by atoms with Crippen LogP contribution in [-0.4, -0.2) is 35.5 Å². The molecule has 108 valence electrons. The fourth-order valence-electron chi connectivity index (χ4n) is 1.45. The molecule has 8 nitrogen and oxygen atoms in total. The van der Waals surface area contributed by atoms with Crippen LogP contribution in [-0.2, 0) is 17.1 Å². The van der Waals surface area contributed by atoms with E-state index >= 15 is 0 Å². The maximum atomic E-state index is 11.8. The molecule has 0 aliphatic heterocycles. The molecular formula is C11H15N5O3S. The van der Waals surface area contributed by atoms with Crippen molar-refractivity contribution in [1.82, 2.24) is 14.8 Å². The number of nitrogens with one attached hydrogen (secondary N) is 1. The van der Waals surface area contributed by atoms with E-state index < -0.39 is 10.0 Å². The molecule has 0 bridgehead atoms. The van der Waals surface area contributed by atoms with Gasteiger partial charge in [0, 0.05) is 18.8 Å². The zero-order valence-corrected chi connectivity index (χ0v) is 11.7. The van der Waals surface area contributed by atoms with E-state index in [-0.39, 0.29) is 18.3 Å². The van der Waals surface area contributed by atoms with Gasteiger partial charge in [0.15, 0.2) is 0 Å². The highest BCUT2D eigenvalue weighted by atomic mass is 32.2. The topological polar surface area (TPSA) is 112 Å². The van der Waals surface area contributed by atoms with Crippen molar-refractivity contribution in [2.24, 2.45) is 7.05 Å². The molecule has 0 amide bonds. The van der Waals surface area contributed by atoms with Crippen LogP contribution >= 0.6 is 0 Å². The second-order valence-electron chi connectivity index (χ2n) is 4.05. The fourth-order valence-corrected chi connectivity index (χ4v) is 2.32. The molecule has 0 saturated heterocycles. The van der Waals surface area contributed by atoms with Gasteiger partial charge < -0.3 is 10.5 Å². The summed E-state index contributed by atoms with van der Waals surface area (Å²) in [5, 5.41) is 3.77. The monoisotopic (exact) mass is 297 g/mol. The first kappa shape index (κ1) is 14.1. The van der Waals surface area contributed by atoms with Gasteiger partial charge in [-0.25, -0.2) is 13.1 Å². The summed E-state index contributed by atoms with van der Waals surface area (Å²) in [5.74, 6) is 0.488. The summed E-state index contributed by atoms with van der Waals surface area (Å²) >= 11 is 0. The van der Waals surface area contributed by atoms with E-state index in [0.29, 0.717) is 11.4 Å². The number of aryl methyl sites for hydroxylation is 1. The van der Waals surface area contributed by atoms with Gasteiger partial charge in [0.2, 0.25) is 16.0 Å². The summed E-state index contributed by atoms with van der Waals surface area (Å²) in [6, 6.07) is 6.79. The standard InChI is InChI=1S/C11H15N5O3S/c1-16-11(13-8-14-16)15-20(17,18)6-5-19-10-4-2-3-9(12)7-10/h2-4,7-8H,5-6,12H2,1H3,(H,13,14,15). The number of hydrogen-bond acceptors (Lipinski definition) is 6. The number of nitrogens with two attached hydrogens (primary N) is 1. The zero-order chi connectivity index (χ0) is 14.6. The molecule has 0 unspecified atom stereocenters. The average molecular weight is 297 g/mol. The molecule has 1 aromatic carbocycles. The molecule has 0 aliphatic carbocycles. The second-order valence-corrected chi connectivity index (χ2v) is 5.89. The summed E-state index contributed by atoms with van der Waals surface area (Å²) in [4.78, 5) is 3.78. The number of anilines is 2. The lowest BCUT2D eigenvalue weighted by atomic mass is 10.3. The number of sulfonamides is 1. The Morgan fingerprint density at radius 2 is 2.25 bits per heavy atom. The van der Waals surface area contributed by atoms with E-state index in [0.717, 1.165) is 0 Å². The molecule has 1 aromatic heterocycles. The van der Waals surface area contributed by atoms with Gasteiger partial charge in [-0.3, -0.25) is 4.72 Å². The fraction of sp³-hybridized carbons (Fsp3) is 0.273. The van der Waals surface area contributed by atoms with Gasteiger partial charge in [0.05, 0.1) is 0 Å². The van der Waals surface area contributed by atoms with Gasteiger partial charge in [-0.05, 0) is 12.1 Å². The van der Waals surface area contributed by atoms with E-state index in [9.17, 15) is 8.42 Å².